The average Bonchev–Trinajstić information content (AvgIpc) is 3.21. The van der Waals surface area contributed by atoms with E-state index >= 15 is 0 Å². The van der Waals surface area contributed by atoms with E-state index in [2.05, 4.69) is 10.2 Å². The number of hydrogen-bond donors (Lipinski definition) is 3. The molecule has 3 N–H and O–H groups in total. The van der Waals surface area contributed by atoms with Gasteiger partial charge in [0.1, 0.15) is 21.7 Å². The monoisotopic (exact) mass is 551 g/mol. The van der Waals surface area contributed by atoms with Crippen LogP contribution in [0.25, 0.3) is 38.3 Å². The van der Waals surface area contributed by atoms with Gasteiger partial charge in [-0.2, -0.15) is 21.6 Å². The van der Waals surface area contributed by atoms with E-state index in [9.17, 15) is 31.0 Å². The molecule has 5 rings (SSSR count). The van der Waals surface area contributed by atoms with Crippen molar-refractivity contribution in [1.29, 1.82) is 0 Å². The topological polar surface area (TPSA) is 211 Å². The lowest BCUT2D eigenvalue weighted by Gasteiger charge is -2.07. The van der Waals surface area contributed by atoms with Crippen molar-refractivity contribution in [2.45, 2.75) is 9.79 Å². The van der Waals surface area contributed by atoms with E-state index in [1.807, 2.05) is 0 Å². The number of rotatable bonds is 3. The van der Waals surface area contributed by atoms with Crippen LogP contribution in [-0.4, -0.2) is 58.7 Å². The smallest absolute Gasteiger partial charge is 0.425 e. The molecule has 13 nitrogen and oxygen atoms in total. The molecule has 0 aliphatic heterocycles. The third-order valence-corrected chi connectivity index (χ3v) is 6.79. The van der Waals surface area contributed by atoms with Crippen LogP contribution in [0.15, 0.2) is 70.5 Å². The molecule has 0 saturated heterocycles. The van der Waals surface area contributed by atoms with Gasteiger partial charge in [-0.15, -0.1) is 22.8 Å². The van der Waals surface area contributed by atoms with Gasteiger partial charge in [-0.3, -0.25) is 9.11 Å². The molecule has 0 saturated carbocycles. The molecule has 0 bridgehead atoms. The molecule has 36 heavy (non-hydrogen) atoms. The molecule has 0 aliphatic carbocycles. The Morgan fingerprint density at radius 3 is 2.06 bits per heavy atom. The summed E-state index contributed by atoms with van der Waals surface area (Å²) in [6.45, 7) is 0. The third kappa shape index (κ3) is 4.88. The van der Waals surface area contributed by atoms with Crippen LogP contribution in [0.5, 0.6) is 5.75 Å². The number of benzene rings is 4. The summed E-state index contributed by atoms with van der Waals surface area (Å²) in [5.41, 5.74) is 1.02. The van der Waals surface area contributed by atoms with E-state index in [1.54, 1.807) is 36.4 Å². The molecule has 0 atom stereocenters. The van der Waals surface area contributed by atoms with Gasteiger partial charge in [0.15, 0.2) is 0 Å². The Bertz CT molecular complexity index is 2010. The Labute approximate surface area is 203 Å². The Hall–Kier alpha value is -3.96. The Morgan fingerprint density at radius 1 is 0.750 bits per heavy atom. The molecule has 4 aromatic carbocycles. The first-order valence-corrected chi connectivity index (χ1v) is 13.4. The average molecular weight is 552 g/mol. The fourth-order valence-corrected chi connectivity index (χ4v) is 4.95. The maximum atomic E-state index is 11.9. The van der Waals surface area contributed by atoms with Gasteiger partial charge in [-0.25, -0.2) is 0 Å². The molecule has 0 radical (unpaired) electrons. The van der Waals surface area contributed by atoms with E-state index in [0.717, 1.165) is 11.5 Å². The van der Waals surface area contributed by atoms with Gasteiger partial charge >= 0.3 is 10.6 Å². The maximum Gasteiger partial charge on any atom is 0.425 e. The van der Waals surface area contributed by atoms with Crippen LogP contribution >= 0.6 is 0 Å². The summed E-state index contributed by atoms with van der Waals surface area (Å²) in [5.74, 6) is 0.120. The quantitative estimate of drug-likeness (QED) is 0.275. The highest BCUT2D eigenvalue weighted by molar-refractivity contribution is 7.86. The van der Waals surface area contributed by atoms with Crippen molar-refractivity contribution in [3.63, 3.8) is 0 Å². The highest BCUT2D eigenvalue weighted by Crippen LogP contribution is 2.32. The van der Waals surface area contributed by atoms with E-state index in [1.165, 1.54) is 16.9 Å². The minimum Gasteiger partial charge on any atom is -0.507 e. The third-order valence-electron chi connectivity index (χ3n) is 5.07. The largest absolute Gasteiger partial charge is 0.507 e. The van der Waals surface area contributed by atoms with Crippen molar-refractivity contribution in [3.05, 3.63) is 60.7 Å². The van der Waals surface area contributed by atoms with Crippen LogP contribution in [0, 0.1) is 0 Å². The summed E-state index contributed by atoms with van der Waals surface area (Å²) < 4.78 is 91.5. The van der Waals surface area contributed by atoms with Gasteiger partial charge in [-0.05, 0) is 47.9 Å². The summed E-state index contributed by atoms with van der Waals surface area (Å²) in [6, 6.07) is 14.8. The normalized spacial score (nSPS) is 11.9. The molecule has 5 aromatic rings. The molecule has 1 aromatic heterocycles. The second kappa shape index (κ2) is 8.92. The fraction of sp³-hybridized carbons (Fsp3) is 0. The standard InChI is InChI=1S/C20H13N3O7S2.O3S/c24-18-3-1-2-11-8-12(4-5-14(11)18)23-21-17-7-6-15-16(20(17)22-23)9-13(31(25,26)27)10-19(15)32(28,29)30;1-4(2)3/h1-10,24H,(H,25,26,27)(H,28,29,30);. The Kier molecular flexibility index (Phi) is 6.23. The van der Waals surface area contributed by atoms with E-state index in [0.29, 0.717) is 22.7 Å². The summed E-state index contributed by atoms with van der Waals surface area (Å²) in [7, 11) is -12.7. The number of aromatic hydroxyl groups is 1. The van der Waals surface area contributed by atoms with Crippen molar-refractivity contribution in [1.82, 2.24) is 15.0 Å². The second-order valence-electron chi connectivity index (χ2n) is 7.28. The van der Waals surface area contributed by atoms with Gasteiger partial charge < -0.3 is 5.11 Å². The van der Waals surface area contributed by atoms with E-state index < -0.39 is 40.6 Å². The van der Waals surface area contributed by atoms with E-state index in [4.69, 9.17) is 12.6 Å². The number of hydrogen-bond acceptors (Lipinski definition) is 10. The number of aromatic nitrogens is 3. The van der Waals surface area contributed by atoms with Gasteiger partial charge in [-0.1, -0.05) is 18.2 Å². The first kappa shape index (κ1) is 25.1. The number of phenolic OH excluding ortho intramolecular Hbond substituents is 1. The van der Waals surface area contributed by atoms with Crippen LogP contribution in [0.1, 0.15) is 0 Å². The summed E-state index contributed by atoms with van der Waals surface area (Å²) in [6.07, 6.45) is 0. The molecule has 0 aliphatic rings. The predicted octanol–water partition coefficient (Wildman–Crippen LogP) is 1.92. The predicted molar refractivity (Wildman–Crippen MR) is 125 cm³/mol. The lowest BCUT2D eigenvalue weighted by atomic mass is 10.1. The SMILES string of the molecule is O=S(=O)(O)c1cc(S(=O)(=O)O)c2ccc3nn(-c4ccc5c(O)cccc5c4)nc3c2c1.O=S(=O)=O. The number of fused-ring (bicyclic) bond motifs is 4. The second-order valence-corrected chi connectivity index (χ2v) is 10.5. The van der Waals surface area contributed by atoms with Gasteiger partial charge in [0.2, 0.25) is 0 Å². The molecular weight excluding hydrogens is 538 g/mol. The van der Waals surface area contributed by atoms with Crippen LogP contribution < -0.4 is 0 Å². The van der Waals surface area contributed by atoms with E-state index in [-0.39, 0.29) is 22.0 Å². The molecular formula is C20H13N3O10S3. The summed E-state index contributed by atoms with van der Waals surface area (Å²) in [4.78, 5) is -0.109. The molecule has 0 fully saturated rings. The van der Waals surface area contributed by atoms with Gasteiger partial charge in [0.05, 0.1) is 10.6 Å². The Morgan fingerprint density at radius 2 is 1.42 bits per heavy atom. The van der Waals surface area contributed by atoms with Gasteiger partial charge in [0, 0.05) is 16.2 Å². The highest BCUT2D eigenvalue weighted by Gasteiger charge is 2.22. The number of phenols is 1. The molecule has 0 spiro atoms. The summed E-state index contributed by atoms with van der Waals surface area (Å²) >= 11 is 0. The first-order valence-electron chi connectivity index (χ1n) is 9.53. The van der Waals surface area contributed by atoms with Crippen LogP contribution in [0.2, 0.25) is 0 Å². The van der Waals surface area contributed by atoms with Crippen molar-refractivity contribution in [3.8, 4) is 11.4 Å². The van der Waals surface area contributed by atoms with Crippen molar-refractivity contribution in [2.75, 3.05) is 0 Å². The molecule has 0 amide bonds. The summed E-state index contributed by atoms with van der Waals surface area (Å²) in [5, 5.41) is 20.2. The maximum absolute atomic E-state index is 11.9. The van der Waals surface area contributed by atoms with Crippen molar-refractivity contribution in [2.24, 2.45) is 0 Å². The molecule has 186 valence electrons. The minimum atomic E-state index is -4.81. The van der Waals surface area contributed by atoms with Crippen molar-refractivity contribution < 1.29 is 43.7 Å². The van der Waals surface area contributed by atoms with Gasteiger partial charge in [0.25, 0.3) is 20.2 Å². The Balaban J connectivity index is 0.000000709. The van der Waals surface area contributed by atoms with Crippen LogP contribution in [-0.2, 0) is 30.8 Å². The molecule has 1 heterocycles. The molecule has 16 heteroatoms. The first-order chi connectivity index (χ1) is 16.8. The highest BCUT2D eigenvalue weighted by atomic mass is 32.2. The van der Waals surface area contributed by atoms with Crippen molar-refractivity contribution >= 4 is 63.4 Å². The zero-order valence-electron chi connectivity index (χ0n) is 17.5. The lowest BCUT2D eigenvalue weighted by molar-refractivity contribution is 0.480. The molecule has 0 unspecified atom stereocenters. The zero-order chi connectivity index (χ0) is 26.4. The fourth-order valence-electron chi connectivity index (χ4n) is 3.61. The lowest BCUT2D eigenvalue weighted by Crippen LogP contribution is -2.04. The van der Waals surface area contributed by atoms with Crippen LogP contribution in [0.4, 0.5) is 0 Å². The minimum absolute atomic E-state index is 0.0166. The number of nitrogens with zero attached hydrogens (tertiary/aromatic N) is 3. The zero-order valence-corrected chi connectivity index (χ0v) is 20.0. The van der Waals surface area contributed by atoms with Crippen LogP contribution in [0.3, 0.4) is 0 Å².